The molecular weight excluding hydrogens is 688 g/mol. The van der Waals surface area contributed by atoms with E-state index in [1.165, 1.54) is 19.2 Å². The number of aromatic nitrogens is 4. The molecule has 0 spiro atoms. The maximum absolute atomic E-state index is 6.42. The summed E-state index contributed by atoms with van der Waals surface area (Å²) in [5, 5.41) is 8.81. The maximum atomic E-state index is 6.42. The molecular formula is C37H53ClN8O6. The molecule has 6 rings (SSSR count). The number of nitrogens with one attached hydrogen (secondary N) is 1. The van der Waals surface area contributed by atoms with Gasteiger partial charge in [-0.1, -0.05) is 17.7 Å². The number of morpholine rings is 1. The number of methoxy groups -OCH3 is 1. The number of halogens is 1. The van der Waals surface area contributed by atoms with E-state index < -0.39 is 0 Å². The molecule has 3 N–H and O–H groups in total. The first kappa shape index (κ1) is 38.2. The average molecular weight is 741 g/mol. The Bertz CT molecular complexity index is 1540. The summed E-state index contributed by atoms with van der Waals surface area (Å²) in [5.74, 6) is 1.52. The third kappa shape index (κ3) is 10.3. The third-order valence-corrected chi connectivity index (χ3v) is 10.2. The van der Waals surface area contributed by atoms with E-state index in [-0.39, 0.29) is 6.10 Å². The molecule has 0 radical (unpaired) electrons. The predicted molar refractivity (Wildman–Crippen MR) is 200 cm³/mol. The number of ether oxygens (including phenoxy) is 6. The van der Waals surface area contributed by atoms with Gasteiger partial charge in [0.2, 0.25) is 5.95 Å². The molecule has 1 saturated carbocycles. The Morgan fingerprint density at radius 3 is 2.37 bits per heavy atom. The number of rotatable bonds is 20. The Morgan fingerprint density at radius 2 is 1.63 bits per heavy atom. The highest BCUT2D eigenvalue weighted by atomic mass is 35.5. The zero-order valence-corrected chi connectivity index (χ0v) is 31.1. The summed E-state index contributed by atoms with van der Waals surface area (Å²) in [4.78, 5) is 16.1. The van der Waals surface area contributed by atoms with E-state index in [1.807, 2.05) is 25.3 Å². The van der Waals surface area contributed by atoms with Crippen LogP contribution in [0.3, 0.4) is 0 Å². The number of anilines is 2. The second kappa shape index (κ2) is 19.5. The molecule has 4 heterocycles. The average Bonchev–Trinajstić information content (AvgIpc) is 3.68. The van der Waals surface area contributed by atoms with Crippen LogP contribution in [0.25, 0.3) is 11.1 Å². The van der Waals surface area contributed by atoms with Crippen molar-refractivity contribution in [1.82, 2.24) is 24.6 Å². The summed E-state index contributed by atoms with van der Waals surface area (Å²) in [7, 11) is 1.66. The zero-order valence-electron chi connectivity index (χ0n) is 30.3. The number of benzene rings is 1. The van der Waals surface area contributed by atoms with Crippen LogP contribution in [0, 0.1) is 0 Å². The Morgan fingerprint density at radius 1 is 0.942 bits per heavy atom. The van der Waals surface area contributed by atoms with E-state index in [0.29, 0.717) is 99.4 Å². The summed E-state index contributed by atoms with van der Waals surface area (Å²) in [6.07, 6.45) is 14.3. The van der Waals surface area contributed by atoms with Gasteiger partial charge in [-0.25, -0.2) is 9.97 Å². The minimum atomic E-state index is -0.194. The first-order valence-electron chi connectivity index (χ1n) is 18.5. The number of nitrogens with two attached hydrogens (primary N) is 1. The Kier molecular flexibility index (Phi) is 14.3. The largest absolute Gasteiger partial charge is 0.487 e. The van der Waals surface area contributed by atoms with Crippen molar-refractivity contribution < 1.29 is 28.4 Å². The van der Waals surface area contributed by atoms with E-state index in [2.05, 4.69) is 29.9 Å². The van der Waals surface area contributed by atoms with Crippen LogP contribution in [0.1, 0.15) is 57.9 Å². The molecule has 2 aliphatic heterocycles. The van der Waals surface area contributed by atoms with Crippen LogP contribution >= 0.6 is 11.6 Å². The first-order chi connectivity index (χ1) is 25.5. The Balaban J connectivity index is 1.08. The van der Waals surface area contributed by atoms with E-state index in [9.17, 15) is 0 Å². The summed E-state index contributed by atoms with van der Waals surface area (Å²) < 4.78 is 36.3. The van der Waals surface area contributed by atoms with Crippen LogP contribution < -0.4 is 20.5 Å². The summed E-state index contributed by atoms with van der Waals surface area (Å²) in [5.41, 5.74) is 7.80. The highest BCUT2D eigenvalue weighted by molar-refractivity contribution is 6.32. The van der Waals surface area contributed by atoms with Crippen LogP contribution in [-0.4, -0.2) is 122 Å². The molecule has 0 amide bonds. The van der Waals surface area contributed by atoms with Crippen molar-refractivity contribution in [3.8, 4) is 22.8 Å². The maximum Gasteiger partial charge on any atom is 0.256 e. The van der Waals surface area contributed by atoms with E-state index in [0.717, 1.165) is 55.7 Å². The van der Waals surface area contributed by atoms with Crippen LogP contribution in [0.15, 0.2) is 41.8 Å². The molecule has 284 valence electrons. The van der Waals surface area contributed by atoms with Gasteiger partial charge in [-0.3, -0.25) is 14.6 Å². The first-order valence-corrected chi connectivity index (χ1v) is 18.9. The van der Waals surface area contributed by atoms with Gasteiger partial charge in [-0.15, -0.1) is 5.10 Å². The molecule has 14 nitrogen and oxygen atoms in total. The fourth-order valence-corrected chi connectivity index (χ4v) is 7.49. The van der Waals surface area contributed by atoms with Crippen LogP contribution in [0.4, 0.5) is 11.6 Å². The zero-order chi connectivity index (χ0) is 36.1. The fraction of sp³-hybridized carbons (Fsp3) is 0.622. The third-order valence-electron chi connectivity index (χ3n) is 9.89. The van der Waals surface area contributed by atoms with Gasteiger partial charge in [0.1, 0.15) is 17.5 Å². The number of fused-ring (bicyclic) bond motifs is 2. The van der Waals surface area contributed by atoms with Gasteiger partial charge in [-0.05, 0) is 63.1 Å². The van der Waals surface area contributed by atoms with Crippen molar-refractivity contribution in [2.24, 2.45) is 10.7 Å². The smallest absolute Gasteiger partial charge is 0.256 e. The van der Waals surface area contributed by atoms with Gasteiger partial charge in [0.25, 0.3) is 5.88 Å². The molecule has 3 aliphatic rings. The quantitative estimate of drug-likeness (QED) is 0.0880. The summed E-state index contributed by atoms with van der Waals surface area (Å²) >= 11 is 6.42. The number of hydrogen-bond acceptors (Lipinski definition) is 12. The Hall–Kier alpha value is -3.53. The van der Waals surface area contributed by atoms with Gasteiger partial charge in [0.05, 0.1) is 76.4 Å². The lowest BCUT2D eigenvalue weighted by Crippen LogP contribution is -2.52. The second-order valence-corrected chi connectivity index (χ2v) is 14.0. The fourth-order valence-electron chi connectivity index (χ4n) is 7.32. The van der Waals surface area contributed by atoms with Crippen LogP contribution in [0.2, 0.25) is 5.02 Å². The molecule has 2 aromatic heterocycles. The normalized spacial score (nSPS) is 22.5. The molecule has 2 unspecified atom stereocenters. The lowest BCUT2D eigenvalue weighted by molar-refractivity contribution is -0.0458. The monoisotopic (exact) mass is 740 g/mol. The molecule has 1 aliphatic carbocycles. The number of nitrogens with zero attached hydrogens (tertiary/aromatic N) is 6. The summed E-state index contributed by atoms with van der Waals surface area (Å²) in [6, 6.07) is 7.68. The SMILES string of the molecule is COCCOCCOCCCOc1nn(C2CCC(N3C4CCC3COC4)CC2)cc1Nc1ncc(-c2ccc(Cl)c(O[C@@H](C)CN=CN)c2)cn1. The van der Waals surface area contributed by atoms with Crippen molar-refractivity contribution in [2.45, 2.75) is 82.1 Å². The van der Waals surface area contributed by atoms with Crippen LogP contribution in [0.5, 0.6) is 11.6 Å². The highest BCUT2D eigenvalue weighted by Crippen LogP contribution is 2.39. The van der Waals surface area contributed by atoms with Crippen LogP contribution in [-0.2, 0) is 18.9 Å². The van der Waals surface area contributed by atoms with Crippen molar-refractivity contribution in [1.29, 1.82) is 0 Å². The Labute approximate surface area is 311 Å². The summed E-state index contributed by atoms with van der Waals surface area (Å²) in [6.45, 7) is 7.32. The van der Waals surface area contributed by atoms with Crippen molar-refractivity contribution in [3.05, 3.63) is 41.8 Å². The molecule has 2 saturated heterocycles. The van der Waals surface area contributed by atoms with Gasteiger partial charge >= 0.3 is 0 Å². The van der Waals surface area contributed by atoms with Gasteiger partial charge in [-0.2, -0.15) is 0 Å². The van der Waals surface area contributed by atoms with E-state index in [4.69, 9.17) is 50.9 Å². The van der Waals surface area contributed by atoms with Crippen molar-refractivity contribution in [2.75, 3.05) is 71.8 Å². The van der Waals surface area contributed by atoms with Gasteiger partial charge < -0.3 is 39.5 Å². The molecule has 15 heteroatoms. The molecule has 3 fully saturated rings. The molecule has 52 heavy (non-hydrogen) atoms. The van der Waals surface area contributed by atoms with E-state index >= 15 is 0 Å². The molecule has 2 bridgehead atoms. The predicted octanol–water partition coefficient (Wildman–Crippen LogP) is 5.29. The lowest BCUT2D eigenvalue weighted by atomic mass is 9.89. The van der Waals surface area contributed by atoms with E-state index in [1.54, 1.807) is 25.6 Å². The highest BCUT2D eigenvalue weighted by Gasteiger charge is 2.42. The molecule has 3 atom stereocenters. The topological polar surface area (TPSA) is 153 Å². The van der Waals surface area contributed by atoms with Gasteiger partial charge in [0, 0.05) is 56.2 Å². The number of hydrogen-bond donors (Lipinski definition) is 2. The van der Waals surface area contributed by atoms with Gasteiger partial charge in [0.15, 0.2) is 0 Å². The van der Waals surface area contributed by atoms with Crippen molar-refractivity contribution >= 4 is 29.6 Å². The number of aliphatic imine (C=N–C) groups is 1. The minimum Gasteiger partial charge on any atom is -0.487 e. The van der Waals surface area contributed by atoms with Crippen molar-refractivity contribution in [3.63, 3.8) is 0 Å². The molecule has 3 aromatic rings. The minimum absolute atomic E-state index is 0.194. The second-order valence-electron chi connectivity index (χ2n) is 13.6. The molecule has 1 aromatic carbocycles. The standard InChI is InChI=1S/C37H53ClN8O6/c1-26(19-40-25-39)52-35-18-27(4-11-33(35)38)28-20-41-37(42-21-28)43-34-22-45(44-36(34)51-13-3-12-48-16-17-49-15-14-47-2)29-5-7-30(8-6-29)46-31-9-10-32(46)24-50-23-31/h4,11,18,20-22,25-26,29-32H,3,5-10,12-17,19,23-24H2,1-2H3,(H2,39,40)(H,41,42,43)/t26-,29?,30?,31?,32?/m0/s1. The lowest BCUT2D eigenvalue weighted by Gasteiger charge is -2.43.